The standard InChI is InChI=1S/C22H19FN4O4/c1-2-31-18(28)13-25-14-24-20-19(25)21(29)26(12-15-6-4-3-5-7-15)22(30)27(20)17-10-8-16(23)9-11-17/h3-11,14H,2,12-13H2,1H3. The number of rotatable bonds is 6. The maximum absolute atomic E-state index is 13.5. The SMILES string of the molecule is CCOC(=O)Cn1cnc2c1c(=O)n(Cc1ccccc1)c(=O)n2-c1ccc(F)cc1. The first kappa shape index (κ1) is 20.3. The number of imidazole rings is 1. The van der Waals surface area contributed by atoms with Crippen molar-refractivity contribution in [2.75, 3.05) is 6.61 Å². The molecule has 0 saturated carbocycles. The molecule has 0 radical (unpaired) electrons. The zero-order chi connectivity index (χ0) is 22.0. The van der Waals surface area contributed by atoms with Gasteiger partial charge in [-0.1, -0.05) is 30.3 Å². The summed E-state index contributed by atoms with van der Waals surface area (Å²) in [4.78, 5) is 42.8. The van der Waals surface area contributed by atoms with Crippen molar-refractivity contribution in [3.8, 4) is 5.69 Å². The van der Waals surface area contributed by atoms with Gasteiger partial charge in [-0.3, -0.25) is 14.2 Å². The molecule has 0 unspecified atom stereocenters. The van der Waals surface area contributed by atoms with E-state index in [1.165, 1.54) is 39.7 Å². The Bertz CT molecular complexity index is 1350. The van der Waals surface area contributed by atoms with E-state index in [1.807, 2.05) is 18.2 Å². The van der Waals surface area contributed by atoms with Gasteiger partial charge in [-0.15, -0.1) is 0 Å². The van der Waals surface area contributed by atoms with E-state index in [1.54, 1.807) is 19.1 Å². The van der Waals surface area contributed by atoms with Gasteiger partial charge in [-0.25, -0.2) is 18.7 Å². The Morgan fingerprint density at radius 3 is 2.45 bits per heavy atom. The summed E-state index contributed by atoms with van der Waals surface area (Å²) in [5, 5.41) is 0. The average molecular weight is 422 g/mol. The second-order valence-corrected chi connectivity index (χ2v) is 6.82. The van der Waals surface area contributed by atoms with Crippen LogP contribution in [0.4, 0.5) is 4.39 Å². The molecule has 4 rings (SSSR count). The normalized spacial score (nSPS) is 11.0. The van der Waals surface area contributed by atoms with Crippen molar-refractivity contribution in [2.45, 2.75) is 20.0 Å². The fourth-order valence-electron chi connectivity index (χ4n) is 3.37. The summed E-state index contributed by atoms with van der Waals surface area (Å²) in [6.07, 6.45) is 1.31. The summed E-state index contributed by atoms with van der Waals surface area (Å²) in [6, 6.07) is 14.3. The number of carbonyl (C=O) groups excluding carboxylic acids is 1. The lowest BCUT2D eigenvalue weighted by molar-refractivity contribution is -0.143. The fourth-order valence-corrected chi connectivity index (χ4v) is 3.37. The van der Waals surface area contributed by atoms with Gasteiger partial charge >= 0.3 is 11.7 Å². The first-order valence-corrected chi connectivity index (χ1v) is 9.65. The second kappa shape index (κ2) is 8.39. The zero-order valence-corrected chi connectivity index (χ0v) is 16.7. The van der Waals surface area contributed by atoms with E-state index in [0.717, 1.165) is 10.1 Å². The molecule has 31 heavy (non-hydrogen) atoms. The highest BCUT2D eigenvalue weighted by molar-refractivity contribution is 5.76. The Kier molecular flexibility index (Phi) is 5.48. The van der Waals surface area contributed by atoms with Crippen molar-refractivity contribution in [1.82, 2.24) is 18.7 Å². The molecule has 0 atom stereocenters. The highest BCUT2D eigenvalue weighted by Crippen LogP contribution is 2.14. The summed E-state index contributed by atoms with van der Waals surface area (Å²) >= 11 is 0. The van der Waals surface area contributed by atoms with Crippen LogP contribution in [-0.2, 0) is 22.6 Å². The largest absolute Gasteiger partial charge is 0.465 e. The predicted molar refractivity (Wildman–Crippen MR) is 112 cm³/mol. The Morgan fingerprint density at radius 2 is 1.77 bits per heavy atom. The third kappa shape index (κ3) is 3.89. The summed E-state index contributed by atoms with van der Waals surface area (Å²) in [5.41, 5.74) is 0.0595. The molecule has 0 aliphatic heterocycles. The lowest BCUT2D eigenvalue weighted by Crippen LogP contribution is -2.40. The van der Waals surface area contributed by atoms with Crippen LogP contribution in [0.15, 0.2) is 70.5 Å². The maximum Gasteiger partial charge on any atom is 0.337 e. The van der Waals surface area contributed by atoms with Crippen LogP contribution in [0.1, 0.15) is 12.5 Å². The summed E-state index contributed by atoms with van der Waals surface area (Å²) in [5.74, 6) is -0.992. The molecule has 0 aliphatic rings. The second-order valence-electron chi connectivity index (χ2n) is 6.82. The quantitative estimate of drug-likeness (QED) is 0.444. The minimum Gasteiger partial charge on any atom is -0.465 e. The number of esters is 1. The van der Waals surface area contributed by atoms with Crippen LogP contribution in [-0.4, -0.2) is 31.3 Å². The van der Waals surface area contributed by atoms with Crippen molar-refractivity contribution in [1.29, 1.82) is 0 Å². The molecule has 0 saturated heterocycles. The van der Waals surface area contributed by atoms with Crippen LogP contribution in [0.3, 0.4) is 0 Å². The van der Waals surface area contributed by atoms with Crippen LogP contribution >= 0.6 is 0 Å². The minimum absolute atomic E-state index is 0.0280. The van der Waals surface area contributed by atoms with Crippen LogP contribution in [0.5, 0.6) is 0 Å². The molecule has 0 amide bonds. The minimum atomic E-state index is -0.616. The molecular formula is C22H19FN4O4. The zero-order valence-electron chi connectivity index (χ0n) is 16.7. The monoisotopic (exact) mass is 422 g/mol. The van der Waals surface area contributed by atoms with E-state index in [0.29, 0.717) is 5.69 Å². The molecule has 0 bridgehead atoms. The van der Waals surface area contributed by atoms with Crippen LogP contribution in [0.2, 0.25) is 0 Å². The average Bonchev–Trinajstić information content (AvgIpc) is 3.16. The molecule has 2 aromatic carbocycles. The highest BCUT2D eigenvalue weighted by Gasteiger charge is 2.20. The number of aromatic nitrogens is 4. The first-order chi connectivity index (χ1) is 15.0. The Hall–Kier alpha value is -4.01. The van der Waals surface area contributed by atoms with Gasteiger partial charge in [0, 0.05) is 0 Å². The van der Waals surface area contributed by atoms with Crippen molar-refractivity contribution < 1.29 is 13.9 Å². The Labute approximate surface area is 175 Å². The number of halogens is 1. The lowest BCUT2D eigenvalue weighted by atomic mass is 10.2. The molecule has 0 aliphatic carbocycles. The number of nitrogens with zero attached hydrogens (tertiary/aromatic N) is 4. The molecule has 8 nitrogen and oxygen atoms in total. The molecule has 158 valence electrons. The number of hydrogen-bond donors (Lipinski definition) is 0. The van der Waals surface area contributed by atoms with Gasteiger partial charge in [-0.05, 0) is 36.8 Å². The predicted octanol–water partition coefficient (Wildman–Crippen LogP) is 2.10. The summed E-state index contributed by atoms with van der Waals surface area (Å²) in [7, 11) is 0. The van der Waals surface area contributed by atoms with E-state index in [9.17, 15) is 18.8 Å². The number of fused-ring (bicyclic) bond motifs is 1. The smallest absolute Gasteiger partial charge is 0.337 e. The van der Waals surface area contributed by atoms with E-state index < -0.39 is 23.0 Å². The van der Waals surface area contributed by atoms with Crippen molar-refractivity contribution >= 4 is 17.1 Å². The molecule has 0 N–H and O–H groups in total. The summed E-state index contributed by atoms with van der Waals surface area (Å²) in [6.45, 7) is 1.68. The topological polar surface area (TPSA) is 88.1 Å². The lowest BCUT2D eigenvalue weighted by Gasteiger charge is -2.13. The van der Waals surface area contributed by atoms with Crippen LogP contribution in [0, 0.1) is 5.82 Å². The first-order valence-electron chi connectivity index (χ1n) is 9.65. The number of carbonyl (C=O) groups is 1. The van der Waals surface area contributed by atoms with Gasteiger partial charge in [0.2, 0.25) is 0 Å². The Morgan fingerprint density at radius 1 is 1.06 bits per heavy atom. The van der Waals surface area contributed by atoms with Gasteiger partial charge < -0.3 is 9.30 Å². The van der Waals surface area contributed by atoms with E-state index >= 15 is 0 Å². The summed E-state index contributed by atoms with van der Waals surface area (Å²) < 4.78 is 22.1. The number of hydrogen-bond acceptors (Lipinski definition) is 5. The van der Waals surface area contributed by atoms with Gasteiger partial charge in [0.15, 0.2) is 11.2 Å². The molecule has 4 aromatic rings. The van der Waals surface area contributed by atoms with Gasteiger partial charge in [0.1, 0.15) is 12.4 Å². The third-order valence-corrected chi connectivity index (χ3v) is 4.77. The number of benzene rings is 2. The van der Waals surface area contributed by atoms with E-state index in [2.05, 4.69) is 4.98 Å². The number of ether oxygens (including phenoxy) is 1. The van der Waals surface area contributed by atoms with Crippen molar-refractivity contribution in [3.63, 3.8) is 0 Å². The van der Waals surface area contributed by atoms with Crippen LogP contribution < -0.4 is 11.2 Å². The van der Waals surface area contributed by atoms with Gasteiger partial charge in [0.25, 0.3) is 5.56 Å². The molecule has 9 heteroatoms. The van der Waals surface area contributed by atoms with E-state index in [4.69, 9.17) is 4.74 Å². The fraction of sp³-hybridized carbons (Fsp3) is 0.182. The van der Waals surface area contributed by atoms with Crippen LogP contribution in [0.25, 0.3) is 16.9 Å². The molecule has 2 aromatic heterocycles. The third-order valence-electron chi connectivity index (χ3n) is 4.77. The highest BCUT2D eigenvalue weighted by atomic mass is 19.1. The maximum atomic E-state index is 13.5. The molecule has 0 spiro atoms. The van der Waals surface area contributed by atoms with Crippen molar-refractivity contribution in [2.24, 2.45) is 0 Å². The van der Waals surface area contributed by atoms with Crippen molar-refractivity contribution in [3.05, 3.63) is 93.1 Å². The Balaban J connectivity index is 1.97. The van der Waals surface area contributed by atoms with E-state index in [-0.39, 0.29) is 30.9 Å². The van der Waals surface area contributed by atoms with Gasteiger partial charge in [0.05, 0.1) is 25.2 Å². The molecule has 0 fully saturated rings. The molecule has 2 heterocycles. The van der Waals surface area contributed by atoms with Gasteiger partial charge in [-0.2, -0.15) is 0 Å². The molecular weight excluding hydrogens is 403 g/mol.